The largest absolute Gasteiger partial charge is 0.496 e. The highest BCUT2D eigenvalue weighted by Gasteiger charge is 2.50. The fraction of sp³-hybridized carbons (Fsp3) is 0.105. The molecule has 0 heterocycles. The van der Waals surface area contributed by atoms with Crippen molar-refractivity contribution in [3.8, 4) is 23.0 Å². The summed E-state index contributed by atoms with van der Waals surface area (Å²) in [5, 5.41) is -1.02. The van der Waals surface area contributed by atoms with Crippen LogP contribution < -0.4 is 24.3 Å². The average Bonchev–Trinajstić information content (AvgIpc) is 3.15. The summed E-state index contributed by atoms with van der Waals surface area (Å²) in [5.41, 5.74) is -4.86. The molecule has 0 saturated heterocycles. The maximum atomic E-state index is 16.2. The Labute approximate surface area is 318 Å². The lowest BCUT2D eigenvalue weighted by atomic mass is 9.93. The van der Waals surface area contributed by atoms with Crippen molar-refractivity contribution in [2.75, 3.05) is 28.4 Å². The minimum atomic E-state index is -5.41. The molecule has 52 heavy (non-hydrogen) atoms. The molecule has 0 saturated carbocycles. The Kier molecular flexibility index (Phi) is 11.8. The van der Waals surface area contributed by atoms with Crippen LogP contribution in [0.4, 0.5) is 0 Å². The minimum Gasteiger partial charge on any atom is -0.496 e. The summed E-state index contributed by atoms with van der Waals surface area (Å²) >= 11 is 25.9. The van der Waals surface area contributed by atoms with Crippen molar-refractivity contribution in [1.29, 1.82) is 0 Å². The lowest BCUT2D eigenvalue weighted by Gasteiger charge is -2.24. The summed E-state index contributed by atoms with van der Waals surface area (Å²) in [6.45, 7) is 0. The van der Waals surface area contributed by atoms with Gasteiger partial charge in [0, 0.05) is 16.4 Å². The zero-order valence-corrected chi connectivity index (χ0v) is 31.7. The number of ether oxygens (including phenoxy) is 4. The molecule has 5 rings (SSSR count). The second-order valence-electron chi connectivity index (χ2n) is 10.8. The molecule has 0 unspecified atom stereocenters. The van der Waals surface area contributed by atoms with Crippen LogP contribution in [-0.4, -0.2) is 51.1 Å². The van der Waals surface area contributed by atoms with Crippen LogP contribution in [0, 0.1) is 0 Å². The molecule has 0 amide bonds. The van der Waals surface area contributed by atoms with Crippen LogP contribution in [0.3, 0.4) is 0 Å². The zero-order valence-electron chi connectivity index (χ0n) is 27.8. The predicted molar refractivity (Wildman–Crippen MR) is 201 cm³/mol. The van der Waals surface area contributed by atoms with Crippen LogP contribution in [0.25, 0.3) is 0 Å². The lowest BCUT2D eigenvalue weighted by molar-refractivity contribution is 0.100. The van der Waals surface area contributed by atoms with E-state index in [2.05, 4.69) is 0 Å². The highest BCUT2D eigenvalue weighted by atomic mass is 35.5. The Morgan fingerprint density at radius 2 is 0.769 bits per heavy atom. The maximum absolute atomic E-state index is 16.2. The molecule has 0 radical (unpaired) electrons. The van der Waals surface area contributed by atoms with Gasteiger partial charge in [-0.1, -0.05) is 82.8 Å². The number of methoxy groups -OCH3 is 4. The van der Waals surface area contributed by atoms with Crippen molar-refractivity contribution in [1.82, 2.24) is 0 Å². The number of carbonyl (C=O) groups is 4. The second kappa shape index (κ2) is 15.9. The monoisotopic (exact) mass is 798 g/mol. The van der Waals surface area contributed by atoms with Crippen molar-refractivity contribution >= 4 is 81.5 Å². The molecule has 14 heteroatoms. The van der Waals surface area contributed by atoms with Crippen LogP contribution in [0.5, 0.6) is 23.0 Å². The van der Waals surface area contributed by atoms with Crippen LogP contribution in [0.15, 0.2) is 91.0 Å². The SMILES string of the molecule is COc1cccc(OC)c1C(=O)P(=O)(C(=O)c1c(OC)cccc1OC)c1cccc(C(=O)c2c(Cl)cccc2Cl)c1C(=O)c1c(Cl)cccc1Cl. The molecule has 0 aliphatic rings. The Hall–Kier alpha value is -4.63. The topological polar surface area (TPSA) is 122 Å². The summed E-state index contributed by atoms with van der Waals surface area (Å²) < 4.78 is 38.0. The van der Waals surface area contributed by atoms with E-state index in [4.69, 9.17) is 65.4 Å². The van der Waals surface area contributed by atoms with E-state index < -0.39 is 46.2 Å². The Balaban J connectivity index is 1.99. The predicted octanol–water partition coefficient (Wildman–Crippen LogP) is 9.47. The summed E-state index contributed by atoms with van der Waals surface area (Å²) in [5.74, 6) is -2.30. The Bertz CT molecular complexity index is 2170. The standard InChI is InChI=1S/C38H27Cl4O9P/c1-48-25-15-8-16-26(49-2)33(25)37(45)52(47,38(46)34-27(50-3)17-9-18-28(34)51-4)29-19-5-10-20(35(43)31-21(39)11-6-12-22(31)40)30(29)36(44)32-23(41)13-7-14-24(32)42/h5-19H,1-4H3. The van der Waals surface area contributed by atoms with Gasteiger partial charge in [0.05, 0.1) is 59.7 Å². The summed E-state index contributed by atoms with van der Waals surface area (Å²) in [6, 6.07) is 20.9. The van der Waals surface area contributed by atoms with Gasteiger partial charge in [-0.05, 0) is 54.6 Å². The zero-order chi connectivity index (χ0) is 37.9. The number of carbonyl (C=O) groups excluding carboxylic acids is 4. The van der Waals surface area contributed by atoms with Crippen LogP contribution >= 0.6 is 53.5 Å². The van der Waals surface area contributed by atoms with Crippen molar-refractivity contribution in [3.05, 3.63) is 144 Å². The Morgan fingerprint density at radius 1 is 0.442 bits per heavy atom. The molecule has 0 aromatic heterocycles. The third kappa shape index (κ3) is 6.71. The molecule has 9 nitrogen and oxygen atoms in total. The maximum Gasteiger partial charge on any atom is 0.250 e. The molecule has 266 valence electrons. The van der Waals surface area contributed by atoms with Gasteiger partial charge in [-0.2, -0.15) is 0 Å². The smallest absolute Gasteiger partial charge is 0.250 e. The molecule has 0 fully saturated rings. The molecule has 0 bridgehead atoms. The van der Waals surface area contributed by atoms with E-state index in [9.17, 15) is 9.59 Å². The second-order valence-corrected chi connectivity index (χ2v) is 15.0. The number of hydrogen-bond donors (Lipinski definition) is 0. The van der Waals surface area contributed by atoms with E-state index in [1.165, 1.54) is 113 Å². The van der Waals surface area contributed by atoms with E-state index in [0.29, 0.717) is 0 Å². The number of halogens is 4. The highest BCUT2D eigenvalue weighted by molar-refractivity contribution is 8.01. The van der Waals surface area contributed by atoms with Crippen molar-refractivity contribution < 1.29 is 42.7 Å². The molecule has 0 aliphatic heterocycles. The summed E-state index contributed by atoms with van der Waals surface area (Å²) in [7, 11) is -0.340. The van der Waals surface area contributed by atoms with Gasteiger partial charge in [0.15, 0.2) is 11.6 Å². The average molecular weight is 800 g/mol. The van der Waals surface area contributed by atoms with Gasteiger partial charge >= 0.3 is 0 Å². The van der Waals surface area contributed by atoms with Gasteiger partial charge in [0.2, 0.25) is 18.2 Å². The van der Waals surface area contributed by atoms with Crippen LogP contribution in [0.1, 0.15) is 52.6 Å². The van der Waals surface area contributed by atoms with E-state index >= 15 is 14.2 Å². The number of hydrogen-bond acceptors (Lipinski definition) is 9. The first-order valence-corrected chi connectivity index (χ1v) is 18.3. The minimum absolute atomic E-state index is 0.0649. The van der Waals surface area contributed by atoms with E-state index in [-0.39, 0.29) is 65.3 Å². The van der Waals surface area contributed by atoms with Gasteiger partial charge in [-0.3, -0.25) is 19.2 Å². The van der Waals surface area contributed by atoms with Crippen molar-refractivity contribution in [3.63, 3.8) is 0 Å². The number of benzene rings is 5. The summed E-state index contributed by atoms with van der Waals surface area (Å²) in [6.07, 6.45) is 0. The quantitative estimate of drug-likeness (QED) is 0.0847. The van der Waals surface area contributed by atoms with E-state index in [1.54, 1.807) is 0 Å². The van der Waals surface area contributed by atoms with Crippen molar-refractivity contribution in [2.24, 2.45) is 0 Å². The fourth-order valence-electron chi connectivity index (χ4n) is 5.67. The van der Waals surface area contributed by atoms with Gasteiger partial charge in [-0.15, -0.1) is 0 Å². The van der Waals surface area contributed by atoms with Gasteiger partial charge < -0.3 is 23.5 Å². The van der Waals surface area contributed by atoms with Crippen LogP contribution in [0.2, 0.25) is 20.1 Å². The van der Waals surface area contributed by atoms with Crippen molar-refractivity contribution in [2.45, 2.75) is 0 Å². The van der Waals surface area contributed by atoms with E-state index in [1.807, 2.05) is 0 Å². The summed E-state index contributed by atoms with van der Waals surface area (Å²) in [4.78, 5) is 59.6. The normalized spacial score (nSPS) is 11.1. The first kappa shape index (κ1) is 38.6. The first-order valence-electron chi connectivity index (χ1n) is 15.1. The molecule has 5 aromatic rings. The van der Waals surface area contributed by atoms with Gasteiger partial charge in [0.25, 0.3) is 0 Å². The molecular formula is C38H27Cl4O9P. The number of rotatable bonds is 13. The van der Waals surface area contributed by atoms with E-state index in [0.717, 1.165) is 6.07 Å². The van der Waals surface area contributed by atoms with Gasteiger partial charge in [0.1, 0.15) is 34.1 Å². The number of ketones is 2. The molecule has 5 aromatic carbocycles. The third-order valence-electron chi connectivity index (χ3n) is 8.09. The third-order valence-corrected chi connectivity index (χ3v) is 12.0. The molecule has 0 aliphatic carbocycles. The highest BCUT2D eigenvalue weighted by Crippen LogP contribution is 2.57. The molecular weight excluding hydrogens is 773 g/mol. The molecule has 0 atom stereocenters. The molecule has 0 spiro atoms. The fourth-order valence-corrected chi connectivity index (χ4v) is 9.33. The first-order chi connectivity index (χ1) is 24.9. The van der Waals surface area contributed by atoms with Gasteiger partial charge in [-0.25, -0.2) is 0 Å². The molecule has 0 N–H and O–H groups in total. The lowest BCUT2D eigenvalue weighted by Crippen LogP contribution is -2.29. The van der Waals surface area contributed by atoms with Crippen LogP contribution in [-0.2, 0) is 4.57 Å². The Morgan fingerprint density at radius 3 is 1.13 bits per heavy atom.